The van der Waals surface area contributed by atoms with Crippen molar-refractivity contribution in [3.8, 4) is 0 Å². The summed E-state index contributed by atoms with van der Waals surface area (Å²) >= 11 is 2.16. The summed E-state index contributed by atoms with van der Waals surface area (Å²) in [5.74, 6) is 0. The molecule has 0 amide bonds. The summed E-state index contributed by atoms with van der Waals surface area (Å²) in [7, 11) is 0. The predicted molar refractivity (Wildman–Crippen MR) is 172 cm³/mol. The van der Waals surface area contributed by atoms with Gasteiger partial charge in [-0.3, -0.25) is 6.08 Å². The van der Waals surface area contributed by atoms with E-state index >= 15 is 0 Å². The molecule has 42 heavy (non-hydrogen) atoms. The Morgan fingerprint density at radius 3 is 1.38 bits per heavy atom. The van der Waals surface area contributed by atoms with E-state index < -0.39 is 0 Å². The van der Waals surface area contributed by atoms with Crippen LogP contribution in [-0.4, -0.2) is 3.81 Å². The van der Waals surface area contributed by atoms with Crippen LogP contribution in [0.2, 0.25) is 0 Å². The van der Waals surface area contributed by atoms with E-state index in [1.54, 1.807) is 0 Å². The molecular weight excluding hydrogens is 587 g/mol. The molecule has 1 aliphatic carbocycles. The molecule has 6 rings (SSSR count). The Bertz CT molecular complexity index is 1510. The van der Waals surface area contributed by atoms with E-state index in [4.69, 9.17) is 0 Å². The van der Waals surface area contributed by atoms with Gasteiger partial charge in [-0.25, -0.2) is 12.2 Å². The van der Waals surface area contributed by atoms with Crippen molar-refractivity contribution in [3.63, 3.8) is 0 Å². The van der Waals surface area contributed by atoms with Gasteiger partial charge in [0, 0.05) is 0 Å². The fourth-order valence-electron chi connectivity index (χ4n) is 4.65. The first-order valence-corrected chi connectivity index (χ1v) is 14.9. The summed E-state index contributed by atoms with van der Waals surface area (Å²) in [6, 6.07) is 37.1. The van der Waals surface area contributed by atoms with Crippen molar-refractivity contribution < 1.29 is 44.8 Å². The molecule has 0 fully saturated rings. The van der Waals surface area contributed by atoms with Gasteiger partial charge in [0.1, 0.15) is 0 Å². The minimum absolute atomic E-state index is 0. The standard InChI is InChI=1S/C21H25.C13H10.C5H5.2ClH.Ti/c1-20(2,3)16-9-7-14-11-15-8-10-17(21(4,5)6)13-19(15)18(14)12-16;1-3-7-12(8-4-1)11-13-9-5-2-6-10-13;1-2-4-5-3-1;;;/h7-13H,1-6H3;1-10H;1-3H,4H2;2*1H;/q-1;;-1;;;+2/p-2. The Hall–Kier alpha value is -2.61. The Morgan fingerprint density at radius 2 is 1.07 bits per heavy atom. The Balaban J connectivity index is 0.000000253. The molecule has 0 bridgehead atoms. The molecule has 1 aliphatic rings. The zero-order chi connectivity index (χ0) is 28.8. The van der Waals surface area contributed by atoms with Crippen LogP contribution in [0.5, 0.6) is 0 Å². The van der Waals surface area contributed by atoms with Crippen LogP contribution >= 0.6 is 0 Å². The van der Waals surface area contributed by atoms with Crippen molar-refractivity contribution in [2.24, 2.45) is 0 Å². The van der Waals surface area contributed by atoms with Gasteiger partial charge in [-0.2, -0.15) is 6.08 Å². The molecule has 0 aliphatic heterocycles. The van der Waals surface area contributed by atoms with Crippen molar-refractivity contribution in [1.82, 2.24) is 0 Å². The van der Waals surface area contributed by atoms with E-state index in [2.05, 4.69) is 165 Å². The maximum absolute atomic E-state index is 2.99. The summed E-state index contributed by atoms with van der Waals surface area (Å²) in [5.41, 5.74) is 5.78. The number of halogens is 2. The van der Waals surface area contributed by atoms with Crippen molar-refractivity contribution >= 4 is 25.4 Å². The summed E-state index contributed by atoms with van der Waals surface area (Å²) in [5, 5.41) is 5.49. The first-order valence-electron chi connectivity index (χ1n) is 14.1. The molecule has 5 aromatic rings. The second kappa shape index (κ2) is 15.7. The SMILES string of the molecule is CC(C)(C)c1ccc2[cH-]c3ccc(C(C)(C)C)cc3c2c1.[C-]1=CC=CC1.[Cl-].[Cl-].[Ti+2]=[C](c1ccccc1)c1ccccc1. The van der Waals surface area contributed by atoms with Crippen LogP contribution in [0.4, 0.5) is 0 Å². The summed E-state index contributed by atoms with van der Waals surface area (Å²) < 4.78 is 1.33. The van der Waals surface area contributed by atoms with Gasteiger partial charge in [-0.1, -0.05) is 76.9 Å². The van der Waals surface area contributed by atoms with Gasteiger partial charge in [0.2, 0.25) is 0 Å². The first kappa shape index (κ1) is 35.6. The zero-order valence-electron chi connectivity index (χ0n) is 25.5. The van der Waals surface area contributed by atoms with Crippen LogP contribution in [0, 0.1) is 6.08 Å². The Labute approximate surface area is 277 Å². The molecule has 0 saturated carbocycles. The van der Waals surface area contributed by atoms with Crippen LogP contribution < -0.4 is 24.8 Å². The average molecular weight is 628 g/mol. The number of rotatable bonds is 2. The van der Waals surface area contributed by atoms with Crippen LogP contribution in [-0.2, 0) is 30.8 Å². The number of hydrogen-bond acceptors (Lipinski definition) is 0. The molecule has 0 heterocycles. The monoisotopic (exact) mass is 626 g/mol. The molecule has 0 atom stereocenters. The van der Waals surface area contributed by atoms with E-state index in [1.165, 1.54) is 47.6 Å². The van der Waals surface area contributed by atoms with Gasteiger partial charge in [-0.05, 0) is 10.8 Å². The number of benzene rings is 4. The Kier molecular flexibility index (Phi) is 13.3. The molecule has 0 aromatic heterocycles. The zero-order valence-corrected chi connectivity index (χ0v) is 28.6. The molecule has 3 heteroatoms. The van der Waals surface area contributed by atoms with Gasteiger partial charge in [0.05, 0.1) is 0 Å². The molecule has 5 aromatic carbocycles. The second-order valence-electron chi connectivity index (χ2n) is 12.4. The van der Waals surface area contributed by atoms with Crippen LogP contribution in [0.25, 0.3) is 21.5 Å². The summed E-state index contributed by atoms with van der Waals surface area (Å²) in [6.45, 7) is 13.7. The van der Waals surface area contributed by atoms with E-state index in [9.17, 15) is 0 Å². The van der Waals surface area contributed by atoms with Gasteiger partial charge in [0.25, 0.3) is 0 Å². The Morgan fingerprint density at radius 1 is 0.643 bits per heavy atom. The minimum atomic E-state index is 0. The summed E-state index contributed by atoms with van der Waals surface area (Å²) in [6.07, 6.45) is 10.0. The van der Waals surface area contributed by atoms with E-state index in [-0.39, 0.29) is 35.6 Å². The normalized spacial score (nSPS) is 12.0. The quantitative estimate of drug-likeness (QED) is 0.201. The fourth-order valence-corrected chi connectivity index (χ4v) is 5.17. The third kappa shape index (κ3) is 9.45. The molecule has 0 unspecified atom stereocenters. The molecule has 0 N–H and O–H groups in total. The molecule has 0 radical (unpaired) electrons. The van der Waals surface area contributed by atoms with Crippen molar-refractivity contribution in [2.75, 3.05) is 0 Å². The molecule has 0 spiro atoms. The van der Waals surface area contributed by atoms with E-state index in [1.807, 2.05) is 24.3 Å². The molecular formula is C39H40Cl2Ti-2. The molecule has 216 valence electrons. The second-order valence-corrected chi connectivity index (χ2v) is 13.1. The van der Waals surface area contributed by atoms with Crippen molar-refractivity contribution in [2.45, 2.75) is 58.8 Å². The van der Waals surface area contributed by atoms with Crippen molar-refractivity contribution in [1.29, 1.82) is 0 Å². The number of fused-ring (bicyclic) bond motifs is 3. The van der Waals surface area contributed by atoms with Gasteiger partial charge in [-0.15, -0.1) is 46.2 Å². The molecule has 0 saturated heterocycles. The average Bonchev–Trinajstić information content (AvgIpc) is 3.64. The fraction of sp³-hybridized carbons (Fsp3) is 0.231. The van der Waals surface area contributed by atoms with Crippen LogP contribution in [0.3, 0.4) is 0 Å². The van der Waals surface area contributed by atoms with E-state index in [0.29, 0.717) is 0 Å². The predicted octanol–water partition coefficient (Wildman–Crippen LogP) is 4.42. The third-order valence-electron chi connectivity index (χ3n) is 7.15. The summed E-state index contributed by atoms with van der Waals surface area (Å²) in [4.78, 5) is 0. The molecule has 0 nitrogen and oxygen atoms in total. The van der Waals surface area contributed by atoms with Gasteiger partial charge in [0.15, 0.2) is 0 Å². The van der Waals surface area contributed by atoms with Gasteiger partial charge < -0.3 is 24.8 Å². The van der Waals surface area contributed by atoms with E-state index in [0.717, 1.165) is 6.42 Å². The maximum atomic E-state index is 2.99. The first-order chi connectivity index (χ1) is 19.0. The number of hydrogen-bond donors (Lipinski definition) is 0. The topological polar surface area (TPSA) is 0 Å². The number of allylic oxidation sites excluding steroid dienone is 4. The van der Waals surface area contributed by atoms with Gasteiger partial charge >= 0.3 is 95.6 Å². The third-order valence-corrected chi connectivity index (χ3v) is 8.05. The van der Waals surface area contributed by atoms with Crippen LogP contribution in [0.15, 0.2) is 121 Å². The van der Waals surface area contributed by atoms with Crippen LogP contribution in [0.1, 0.15) is 70.2 Å². The van der Waals surface area contributed by atoms with Crippen molar-refractivity contribution in [3.05, 3.63) is 150 Å².